The number of benzene rings is 1. The molecule has 1 atom stereocenters. The normalized spacial score (nSPS) is 12.6. The molecule has 1 N–H and O–H groups in total. The summed E-state index contributed by atoms with van der Waals surface area (Å²) in [6, 6.07) is 4.08. The van der Waals surface area contributed by atoms with Crippen LogP contribution in [0, 0.1) is 0 Å². The molecule has 16 heavy (non-hydrogen) atoms. The summed E-state index contributed by atoms with van der Waals surface area (Å²) in [5, 5.41) is 9.38. The molecule has 0 heterocycles. The Bertz CT molecular complexity index is 396. The van der Waals surface area contributed by atoms with E-state index in [1.165, 1.54) is 25.1 Å². The van der Waals surface area contributed by atoms with Crippen LogP contribution in [0.5, 0.6) is 11.5 Å². The molecule has 0 amide bonds. The van der Waals surface area contributed by atoms with Gasteiger partial charge in [0.15, 0.2) is 11.5 Å². The second-order valence-electron chi connectivity index (χ2n) is 3.05. The number of rotatable bonds is 4. The Labute approximate surface area is 99.2 Å². The summed E-state index contributed by atoms with van der Waals surface area (Å²) < 4.78 is 28.4. The van der Waals surface area contributed by atoms with Crippen molar-refractivity contribution in [2.45, 2.75) is 18.4 Å². The summed E-state index contributed by atoms with van der Waals surface area (Å²) in [6.45, 7) is -1.76. The van der Waals surface area contributed by atoms with Crippen LogP contribution in [0.2, 0.25) is 0 Å². The van der Waals surface area contributed by atoms with Gasteiger partial charge in [0.05, 0.1) is 0 Å². The van der Waals surface area contributed by atoms with Crippen molar-refractivity contribution in [3.05, 3.63) is 23.8 Å². The zero-order valence-electron chi connectivity index (χ0n) is 8.28. The Morgan fingerprint density at radius 3 is 2.62 bits per heavy atom. The van der Waals surface area contributed by atoms with Crippen molar-refractivity contribution in [1.29, 1.82) is 0 Å². The predicted molar refractivity (Wildman–Crippen MR) is 57.1 cm³/mol. The number of ketones is 1. The van der Waals surface area contributed by atoms with Gasteiger partial charge in [-0.25, -0.2) is 0 Å². The van der Waals surface area contributed by atoms with E-state index in [-0.39, 0.29) is 17.1 Å². The molecule has 0 aliphatic carbocycles. The lowest BCUT2D eigenvalue weighted by molar-refractivity contribution is -0.116. The molecule has 1 unspecified atom stereocenters. The van der Waals surface area contributed by atoms with Gasteiger partial charge in [0.25, 0.3) is 0 Å². The molecule has 0 aromatic heterocycles. The minimum Gasteiger partial charge on any atom is -0.504 e. The third kappa shape index (κ3) is 2.91. The molecule has 1 rings (SSSR count). The Balaban J connectivity index is 3.17. The highest BCUT2D eigenvalue weighted by molar-refractivity contribution is 9.09. The Hall–Kier alpha value is -1.17. The van der Waals surface area contributed by atoms with Crippen molar-refractivity contribution in [2.24, 2.45) is 0 Å². The fourth-order valence-electron chi connectivity index (χ4n) is 1.18. The van der Waals surface area contributed by atoms with E-state index in [0.29, 0.717) is 0 Å². The van der Waals surface area contributed by atoms with E-state index in [9.17, 15) is 18.7 Å². The first-order valence-corrected chi connectivity index (χ1v) is 5.26. The van der Waals surface area contributed by atoms with Crippen LogP contribution >= 0.6 is 15.9 Å². The minimum absolute atomic E-state index is 0.174. The molecule has 1 aromatic carbocycles. The summed E-state index contributed by atoms with van der Waals surface area (Å²) >= 11 is 3.04. The van der Waals surface area contributed by atoms with Crippen LogP contribution < -0.4 is 4.74 Å². The van der Waals surface area contributed by atoms with Gasteiger partial charge in [0, 0.05) is 5.56 Å². The maximum absolute atomic E-state index is 12.1. The molecule has 0 radical (unpaired) electrons. The van der Waals surface area contributed by atoms with Gasteiger partial charge < -0.3 is 9.84 Å². The zero-order chi connectivity index (χ0) is 12.3. The highest BCUT2D eigenvalue weighted by atomic mass is 79.9. The quantitative estimate of drug-likeness (QED) is 0.869. The Morgan fingerprint density at radius 2 is 2.12 bits per heavy atom. The fraction of sp³-hybridized carbons (Fsp3) is 0.300. The van der Waals surface area contributed by atoms with Gasteiger partial charge in [-0.3, -0.25) is 4.79 Å². The number of ether oxygens (including phenoxy) is 1. The van der Waals surface area contributed by atoms with E-state index in [1.54, 1.807) is 0 Å². The van der Waals surface area contributed by atoms with Crippen molar-refractivity contribution < 1.29 is 23.4 Å². The van der Waals surface area contributed by atoms with Crippen LogP contribution in [-0.4, -0.2) is 17.5 Å². The lowest BCUT2D eigenvalue weighted by atomic mass is 10.1. The number of hydrogen-bond donors (Lipinski definition) is 1. The number of para-hydroxylation sites is 1. The van der Waals surface area contributed by atoms with Gasteiger partial charge >= 0.3 is 6.61 Å². The highest BCUT2D eigenvalue weighted by Crippen LogP contribution is 2.38. The van der Waals surface area contributed by atoms with Crippen molar-refractivity contribution in [3.63, 3.8) is 0 Å². The summed E-state index contributed by atoms with van der Waals surface area (Å²) in [4.78, 5) is 10.3. The number of alkyl halides is 3. The molecule has 88 valence electrons. The third-order valence-corrected chi connectivity index (χ3v) is 3.00. The van der Waals surface area contributed by atoms with Gasteiger partial charge in [-0.1, -0.05) is 28.1 Å². The first kappa shape index (κ1) is 12.9. The first-order chi connectivity index (χ1) is 7.43. The van der Waals surface area contributed by atoms with Crippen LogP contribution in [0.25, 0.3) is 0 Å². The van der Waals surface area contributed by atoms with Crippen LogP contribution in [-0.2, 0) is 4.79 Å². The summed E-state index contributed by atoms with van der Waals surface area (Å²) in [5.74, 6) is -1.08. The van der Waals surface area contributed by atoms with E-state index >= 15 is 0 Å². The van der Waals surface area contributed by atoms with Crippen LogP contribution in [0.15, 0.2) is 18.2 Å². The van der Waals surface area contributed by atoms with E-state index < -0.39 is 17.2 Å². The molecule has 0 spiro atoms. The van der Waals surface area contributed by atoms with Crippen LogP contribution in [0.1, 0.15) is 17.3 Å². The van der Waals surface area contributed by atoms with Crippen LogP contribution in [0.4, 0.5) is 8.78 Å². The molecule has 6 heteroatoms. The SMILES string of the molecule is CC(=O)C(Br)c1cccc(O)c1OC(F)F. The Kier molecular flexibility index (Phi) is 4.23. The number of carbonyl (C=O) groups excluding carboxylic acids is 1. The third-order valence-electron chi connectivity index (χ3n) is 1.86. The van der Waals surface area contributed by atoms with Gasteiger partial charge in [0.1, 0.15) is 10.6 Å². The average molecular weight is 295 g/mol. The summed E-state index contributed by atoms with van der Waals surface area (Å²) in [7, 11) is 0. The van der Waals surface area contributed by atoms with Crippen molar-refractivity contribution in [2.75, 3.05) is 0 Å². The van der Waals surface area contributed by atoms with E-state index in [1.807, 2.05) is 0 Å². The van der Waals surface area contributed by atoms with Crippen LogP contribution in [0.3, 0.4) is 0 Å². The highest BCUT2D eigenvalue weighted by Gasteiger charge is 2.22. The van der Waals surface area contributed by atoms with E-state index in [2.05, 4.69) is 20.7 Å². The molecule has 3 nitrogen and oxygen atoms in total. The summed E-state index contributed by atoms with van der Waals surface area (Å²) in [6.07, 6.45) is 0. The standard InChI is InChI=1S/C10H9BrF2O3/c1-5(14)8(11)6-3-2-4-7(15)9(6)16-10(12)13/h2-4,8,10,15H,1H3. The predicted octanol–water partition coefficient (Wildman–Crippen LogP) is 3.02. The topological polar surface area (TPSA) is 46.5 Å². The number of phenolic OH excluding ortho intramolecular Hbond substituents is 1. The maximum Gasteiger partial charge on any atom is 0.387 e. The number of halogens is 3. The molecule has 0 saturated heterocycles. The largest absolute Gasteiger partial charge is 0.504 e. The number of carbonyl (C=O) groups is 1. The van der Waals surface area contributed by atoms with Crippen molar-refractivity contribution in [1.82, 2.24) is 0 Å². The number of Topliss-reactive ketones (excluding diaryl/α,β-unsaturated/α-hetero) is 1. The molecule has 0 saturated carbocycles. The smallest absolute Gasteiger partial charge is 0.387 e. The molecular formula is C10H9BrF2O3. The molecule has 1 aromatic rings. The lowest BCUT2D eigenvalue weighted by Gasteiger charge is -2.14. The molecule has 0 aliphatic heterocycles. The van der Waals surface area contributed by atoms with Gasteiger partial charge in [-0.2, -0.15) is 8.78 Å². The van der Waals surface area contributed by atoms with E-state index in [4.69, 9.17) is 0 Å². The average Bonchev–Trinajstić information content (AvgIpc) is 2.19. The second-order valence-corrected chi connectivity index (χ2v) is 3.96. The maximum atomic E-state index is 12.1. The summed E-state index contributed by atoms with van der Waals surface area (Å²) in [5.41, 5.74) is 0.174. The molecular weight excluding hydrogens is 286 g/mol. The first-order valence-electron chi connectivity index (χ1n) is 4.34. The van der Waals surface area contributed by atoms with Gasteiger partial charge in [-0.15, -0.1) is 0 Å². The van der Waals surface area contributed by atoms with Crippen molar-refractivity contribution in [3.8, 4) is 11.5 Å². The van der Waals surface area contributed by atoms with E-state index in [0.717, 1.165) is 0 Å². The number of phenols is 1. The van der Waals surface area contributed by atoms with Gasteiger partial charge in [0.2, 0.25) is 0 Å². The molecule has 0 aliphatic rings. The Morgan fingerprint density at radius 1 is 1.50 bits per heavy atom. The monoisotopic (exact) mass is 294 g/mol. The van der Waals surface area contributed by atoms with Crippen molar-refractivity contribution >= 4 is 21.7 Å². The molecule has 0 fully saturated rings. The second kappa shape index (κ2) is 5.25. The minimum atomic E-state index is -3.06. The number of aromatic hydroxyl groups is 1. The zero-order valence-corrected chi connectivity index (χ0v) is 9.87. The molecule has 0 bridgehead atoms. The number of hydrogen-bond acceptors (Lipinski definition) is 3. The fourth-order valence-corrected chi connectivity index (χ4v) is 1.54. The van der Waals surface area contributed by atoms with Gasteiger partial charge in [-0.05, 0) is 13.0 Å². The lowest BCUT2D eigenvalue weighted by Crippen LogP contribution is -2.08.